The van der Waals surface area contributed by atoms with Gasteiger partial charge in [-0.2, -0.15) is 0 Å². The van der Waals surface area contributed by atoms with Gasteiger partial charge in [-0.3, -0.25) is 4.79 Å². The van der Waals surface area contributed by atoms with Gasteiger partial charge >= 0.3 is 5.97 Å². The van der Waals surface area contributed by atoms with Gasteiger partial charge in [0.2, 0.25) is 0 Å². The molecule has 0 bridgehead atoms. The standard InChI is InChI=1S/C13H18O4/c1-11-8-12(9-13(14)15-2)4-3-5-16-6-7-17-10-11/h3-4,8H,1,5-7,9-10H2,2H3/b4-3-,12-8+. The molecule has 1 rings (SSSR count). The van der Waals surface area contributed by atoms with Crippen LogP contribution >= 0.6 is 0 Å². The molecule has 0 saturated heterocycles. The minimum Gasteiger partial charge on any atom is -0.469 e. The van der Waals surface area contributed by atoms with Crippen LogP contribution in [-0.2, 0) is 19.0 Å². The Hall–Kier alpha value is -1.39. The topological polar surface area (TPSA) is 44.8 Å². The molecule has 0 fully saturated rings. The van der Waals surface area contributed by atoms with Crippen molar-refractivity contribution < 1.29 is 19.0 Å². The van der Waals surface area contributed by atoms with Gasteiger partial charge in [-0.25, -0.2) is 0 Å². The van der Waals surface area contributed by atoms with Crippen LogP contribution < -0.4 is 0 Å². The van der Waals surface area contributed by atoms with E-state index in [1.54, 1.807) is 0 Å². The molecule has 0 aromatic carbocycles. The minimum absolute atomic E-state index is 0.228. The first kappa shape index (κ1) is 13.7. The molecule has 1 heterocycles. The molecule has 0 aliphatic carbocycles. The predicted octanol–water partition coefficient (Wildman–Crippen LogP) is 1.64. The molecule has 0 unspecified atom stereocenters. The molecule has 0 aromatic rings. The van der Waals surface area contributed by atoms with Crippen molar-refractivity contribution in [1.82, 2.24) is 0 Å². The number of hydrogen-bond donors (Lipinski definition) is 0. The van der Waals surface area contributed by atoms with Gasteiger partial charge in [-0.15, -0.1) is 0 Å². The molecule has 0 N–H and O–H groups in total. The number of carbonyl (C=O) groups is 1. The van der Waals surface area contributed by atoms with E-state index in [-0.39, 0.29) is 12.4 Å². The van der Waals surface area contributed by atoms with Gasteiger partial charge in [0.1, 0.15) is 0 Å². The summed E-state index contributed by atoms with van der Waals surface area (Å²) < 4.78 is 15.3. The van der Waals surface area contributed by atoms with Crippen LogP contribution in [0, 0.1) is 0 Å². The number of esters is 1. The van der Waals surface area contributed by atoms with E-state index in [9.17, 15) is 4.79 Å². The second kappa shape index (κ2) is 7.81. The van der Waals surface area contributed by atoms with Crippen LogP contribution in [0.15, 0.2) is 36.0 Å². The van der Waals surface area contributed by atoms with Crippen molar-refractivity contribution in [2.45, 2.75) is 6.42 Å². The quantitative estimate of drug-likeness (QED) is 0.686. The molecule has 0 aromatic heterocycles. The smallest absolute Gasteiger partial charge is 0.309 e. The van der Waals surface area contributed by atoms with E-state index in [0.717, 1.165) is 11.1 Å². The number of allylic oxidation sites excluding steroid dienone is 1. The molecule has 94 valence electrons. The molecular formula is C13H18O4. The third-order valence-electron chi connectivity index (χ3n) is 2.17. The van der Waals surface area contributed by atoms with Crippen molar-refractivity contribution in [2.24, 2.45) is 0 Å². The van der Waals surface area contributed by atoms with Crippen LogP contribution in [0.25, 0.3) is 0 Å². The Morgan fingerprint density at radius 2 is 2.24 bits per heavy atom. The summed E-state index contributed by atoms with van der Waals surface area (Å²) in [5.74, 6) is -0.273. The van der Waals surface area contributed by atoms with Gasteiger partial charge in [0.15, 0.2) is 0 Å². The van der Waals surface area contributed by atoms with E-state index in [1.165, 1.54) is 7.11 Å². The molecule has 0 radical (unpaired) electrons. The van der Waals surface area contributed by atoms with Gasteiger partial charge in [0.25, 0.3) is 0 Å². The normalized spacial score (nSPS) is 23.1. The largest absolute Gasteiger partial charge is 0.469 e. The maximum Gasteiger partial charge on any atom is 0.309 e. The van der Waals surface area contributed by atoms with E-state index < -0.39 is 0 Å². The zero-order valence-corrected chi connectivity index (χ0v) is 10.1. The van der Waals surface area contributed by atoms with Crippen LogP contribution in [0.5, 0.6) is 0 Å². The van der Waals surface area contributed by atoms with Crippen molar-refractivity contribution >= 4 is 5.97 Å². The van der Waals surface area contributed by atoms with Gasteiger partial charge in [-0.05, 0) is 11.1 Å². The maximum absolute atomic E-state index is 11.2. The molecule has 0 spiro atoms. The molecular weight excluding hydrogens is 220 g/mol. The fourth-order valence-corrected chi connectivity index (χ4v) is 1.37. The van der Waals surface area contributed by atoms with Crippen LogP contribution in [0.2, 0.25) is 0 Å². The molecule has 17 heavy (non-hydrogen) atoms. The van der Waals surface area contributed by atoms with Crippen LogP contribution in [-0.4, -0.2) is 39.5 Å². The second-order valence-corrected chi connectivity index (χ2v) is 3.66. The lowest BCUT2D eigenvalue weighted by Gasteiger charge is -2.04. The number of carbonyl (C=O) groups excluding carboxylic acids is 1. The minimum atomic E-state index is -0.273. The molecule has 4 heteroatoms. The summed E-state index contributed by atoms with van der Waals surface area (Å²) in [6.07, 6.45) is 5.80. The highest BCUT2D eigenvalue weighted by molar-refractivity contribution is 5.73. The Balaban J connectivity index is 2.69. The van der Waals surface area contributed by atoms with Crippen LogP contribution in [0.1, 0.15) is 6.42 Å². The zero-order chi connectivity index (χ0) is 12.5. The van der Waals surface area contributed by atoms with Crippen molar-refractivity contribution in [1.29, 1.82) is 0 Å². The fourth-order valence-electron chi connectivity index (χ4n) is 1.37. The molecule has 0 saturated carbocycles. The van der Waals surface area contributed by atoms with Crippen molar-refractivity contribution in [3.05, 3.63) is 36.0 Å². The molecule has 1 aliphatic rings. The summed E-state index contributed by atoms with van der Waals surface area (Å²) in [6, 6.07) is 0. The number of methoxy groups -OCH3 is 1. The number of ether oxygens (including phenoxy) is 3. The van der Waals surface area contributed by atoms with Crippen LogP contribution in [0.3, 0.4) is 0 Å². The van der Waals surface area contributed by atoms with Crippen molar-refractivity contribution in [3.63, 3.8) is 0 Å². The Morgan fingerprint density at radius 1 is 1.47 bits per heavy atom. The fraction of sp³-hybridized carbons (Fsp3) is 0.462. The Morgan fingerprint density at radius 3 is 3.00 bits per heavy atom. The number of hydrogen-bond acceptors (Lipinski definition) is 4. The average molecular weight is 238 g/mol. The van der Waals surface area contributed by atoms with E-state index >= 15 is 0 Å². The highest BCUT2D eigenvalue weighted by Crippen LogP contribution is 2.10. The van der Waals surface area contributed by atoms with Gasteiger partial charge in [0, 0.05) is 0 Å². The lowest BCUT2D eigenvalue weighted by atomic mass is 10.1. The van der Waals surface area contributed by atoms with Crippen molar-refractivity contribution in [2.75, 3.05) is 33.5 Å². The van der Waals surface area contributed by atoms with Crippen LogP contribution in [0.4, 0.5) is 0 Å². The summed E-state index contributed by atoms with van der Waals surface area (Å²) in [6.45, 7) is 5.94. The average Bonchev–Trinajstić information content (AvgIpc) is 2.35. The zero-order valence-electron chi connectivity index (χ0n) is 10.1. The highest BCUT2D eigenvalue weighted by Gasteiger charge is 2.04. The van der Waals surface area contributed by atoms with E-state index in [0.29, 0.717) is 26.4 Å². The monoisotopic (exact) mass is 238 g/mol. The first-order chi connectivity index (χ1) is 8.22. The first-order valence-electron chi connectivity index (χ1n) is 5.49. The second-order valence-electron chi connectivity index (χ2n) is 3.66. The van der Waals surface area contributed by atoms with Gasteiger partial charge in [-0.1, -0.05) is 24.8 Å². The molecule has 0 amide bonds. The lowest BCUT2D eigenvalue weighted by Crippen LogP contribution is -2.05. The third kappa shape index (κ3) is 6.04. The summed E-state index contributed by atoms with van der Waals surface area (Å²) in [5.41, 5.74) is 1.67. The third-order valence-corrected chi connectivity index (χ3v) is 2.17. The molecule has 1 aliphatic heterocycles. The van der Waals surface area contributed by atoms with E-state index in [4.69, 9.17) is 9.47 Å². The van der Waals surface area contributed by atoms with Gasteiger partial charge < -0.3 is 14.2 Å². The van der Waals surface area contributed by atoms with Gasteiger partial charge in [0.05, 0.1) is 40.0 Å². The van der Waals surface area contributed by atoms with E-state index in [1.807, 2.05) is 18.2 Å². The lowest BCUT2D eigenvalue weighted by molar-refractivity contribution is -0.139. The maximum atomic E-state index is 11.2. The highest BCUT2D eigenvalue weighted by atomic mass is 16.5. The molecule has 0 atom stereocenters. The van der Waals surface area contributed by atoms with Crippen molar-refractivity contribution in [3.8, 4) is 0 Å². The summed E-state index contributed by atoms with van der Waals surface area (Å²) in [4.78, 5) is 11.2. The van der Waals surface area contributed by atoms with E-state index in [2.05, 4.69) is 11.3 Å². The molecule has 4 nitrogen and oxygen atoms in total. The SMILES string of the molecule is C=C1/C=C(CC(=O)OC)\C=C/COCCOC1. The summed E-state index contributed by atoms with van der Waals surface area (Å²) >= 11 is 0. The Labute approximate surface area is 102 Å². The number of rotatable bonds is 2. The summed E-state index contributed by atoms with van der Waals surface area (Å²) in [5, 5.41) is 0. The summed E-state index contributed by atoms with van der Waals surface area (Å²) in [7, 11) is 1.37. The predicted molar refractivity (Wildman–Crippen MR) is 64.6 cm³/mol. The Bertz CT molecular complexity index is 328. The first-order valence-corrected chi connectivity index (χ1v) is 5.49. The Kier molecular flexibility index (Phi) is 6.29.